The molecule has 0 aromatic carbocycles. The Morgan fingerprint density at radius 2 is 2.07 bits per heavy atom. The van der Waals surface area contributed by atoms with E-state index in [0.29, 0.717) is 6.54 Å². The fourth-order valence-electron chi connectivity index (χ4n) is 1.81. The van der Waals surface area contributed by atoms with Gasteiger partial charge in [-0.1, -0.05) is 6.92 Å². The first-order valence-electron chi connectivity index (χ1n) is 4.65. The second kappa shape index (κ2) is 2.80. The predicted molar refractivity (Wildman–Crippen MR) is 46.8 cm³/mol. The van der Waals surface area contributed by atoms with Crippen LogP contribution in [0.5, 0.6) is 0 Å². The zero-order chi connectivity index (χ0) is 10.5. The molecule has 0 saturated carbocycles. The van der Waals surface area contributed by atoms with E-state index >= 15 is 0 Å². The topological polar surface area (TPSA) is 57.5 Å². The Kier molecular flexibility index (Phi) is 1.83. The minimum atomic E-state index is -0.294. The summed E-state index contributed by atoms with van der Waals surface area (Å²) in [5.74, 6) is -0.618. The molecule has 2 heterocycles. The smallest absolute Gasteiger partial charge is 0.234 e. The lowest BCUT2D eigenvalue weighted by atomic mass is 10.1. The molecule has 0 N–H and O–H groups in total. The number of carbonyl (C=O) groups excluding carboxylic acids is 3. The normalized spacial score (nSPS) is 31.3. The van der Waals surface area contributed by atoms with Gasteiger partial charge in [0, 0.05) is 19.3 Å². The van der Waals surface area contributed by atoms with Crippen molar-refractivity contribution in [1.82, 2.24) is 9.80 Å². The van der Waals surface area contributed by atoms with Gasteiger partial charge in [-0.15, -0.1) is 0 Å². The van der Waals surface area contributed by atoms with Crippen LogP contribution in [0, 0.1) is 5.92 Å². The zero-order valence-electron chi connectivity index (χ0n) is 8.19. The van der Waals surface area contributed by atoms with Crippen molar-refractivity contribution in [1.29, 1.82) is 0 Å². The molecule has 5 nitrogen and oxygen atoms in total. The van der Waals surface area contributed by atoms with Gasteiger partial charge in [0.2, 0.25) is 17.7 Å². The third kappa shape index (κ3) is 1.20. The van der Waals surface area contributed by atoms with Gasteiger partial charge in [0.15, 0.2) is 0 Å². The van der Waals surface area contributed by atoms with Gasteiger partial charge in [-0.2, -0.15) is 0 Å². The first-order valence-corrected chi connectivity index (χ1v) is 4.65. The van der Waals surface area contributed by atoms with Crippen LogP contribution in [0.15, 0.2) is 0 Å². The van der Waals surface area contributed by atoms with Gasteiger partial charge in [0.05, 0.1) is 6.54 Å². The van der Waals surface area contributed by atoms with Crippen LogP contribution in [0.3, 0.4) is 0 Å². The van der Waals surface area contributed by atoms with Crippen molar-refractivity contribution < 1.29 is 14.4 Å². The summed E-state index contributed by atoms with van der Waals surface area (Å²) >= 11 is 0. The van der Waals surface area contributed by atoms with Gasteiger partial charge in [-0.25, -0.2) is 0 Å². The van der Waals surface area contributed by atoms with Crippen molar-refractivity contribution in [2.75, 3.05) is 6.54 Å². The molecule has 2 aliphatic heterocycles. The van der Waals surface area contributed by atoms with Crippen LogP contribution in [0.4, 0.5) is 0 Å². The van der Waals surface area contributed by atoms with E-state index in [1.807, 2.05) is 0 Å². The molecule has 0 aliphatic carbocycles. The van der Waals surface area contributed by atoms with Crippen LogP contribution in [0.1, 0.15) is 20.3 Å². The molecule has 76 valence electrons. The standard InChI is InChI=1S/C9H12N2O3/c1-5-3-8(13)11(9(5)14)7-4-10(7)6(2)12/h5,7H,3-4H2,1-2H3. The number of carbonyl (C=O) groups is 3. The van der Waals surface area contributed by atoms with Crippen molar-refractivity contribution in [2.45, 2.75) is 26.4 Å². The van der Waals surface area contributed by atoms with Crippen LogP contribution in [-0.2, 0) is 14.4 Å². The monoisotopic (exact) mass is 196 g/mol. The highest BCUT2D eigenvalue weighted by Crippen LogP contribution is 2.29. The second-order valence-electron chi connectivity index (χ2n) is 3.86. The van der Waals surface area contributed by atoms with E-state index < -0.39 is 0 Å². The molecule has 0 radical (unpaired) electrons. The molecule has 14 heavy (non-hydrogen) atoms. The molecular formula is C9H12N2O3. The van der Waals surface area contributed by atoms with E-state index in [-0.39, 0.29) is 36.2 Å². The summed E-state index contributed by atoms with van der Waals surface area (Å²) in [5, 5.41) is 0. The molecule has 2 atom stereocenters. The maximum Gasteiger partial charge on any atom is 0.234 e. The van der Waals surface area contributed by atoms with Gasteiger partial charge in [0.1, 0.15) is 6.17 Å². The molecule has 5 heteroatoms. The Labute approximate surface area is 81.7 Å². The number of amides is 3. The Bertz CT molecular complexity index is 326. The number of hydrogen-bond acceptors (Lipinski definition) is 3. The summed E-state index contributed by atoms with van der Waals surface area (Å²) in [6, 6.07) is 0. The fraction of sp³-hybridized carbons (Fsp3) is 0.667. The predicted octanol–water partition coefficient (Wildman–Crippen LogP) is -0.430. The Morgan fingerprint density at radius 3 is 2.43 bits per heavy atom. The molecule has 0 spiro atoms. The summed E-state index contributed by atoms with van der Waals surface area (Å²) in [6.45, 7) is 3.68. The quantitative estimate of drug-likeness (QED) is 0.422. The number of rotatable bonds is 1. The molecule has 3 amide bonds. The molecule has 2 unspecified atom stereocenters. The van der Waals surface area contributed by atoms with Gasteiger partial charge in [-0.3, -0.25) is 19.3 Å². The summed E-state index contributed by atoms with van der Waals surface area (Å²) in [6.07, 6.45) is -0.0152. The van der Waals surface area contributed by atoms with Gasteiger partial charge in [0.25, 0.3) is 0 Å². The lowest BCUT2D eigenvalue weighted by molar-refractivity contribution is -0.141. The van der Waals surface area contributed by atoms with Crippen molar-refractivity contribution in [2.24, 2.45) is 5.92 Å². The molecule has 0 aromatic heterocycles. The van der Waals surface area contributed by atoms with E-state index in [2.05, 4.69) is 0 Å². The summed E-state index contributed by atoms with van der Waals surface area (Å²) in [5.41, 5.74) is 0. The molecule has 0 aromatic rings. The molecule has 2 rings (SSSR count). The van der Waals surface area contributed by atoms with Gasteiger partial charge in [-0.05, 0) is 0 Å². The average Bonchev–Trinajstić information content (AvgIpc) is 2.79. The molecular weight excluding hydrogens is 184 g/mol. The minimum Gasteiger partial charge on any atom is -0.316 e. The van der Waals surface area contributed by atoms with E-state index in [0.717, 1.165) is 0 Å². The molecule has 2 saturated heterocycles. The zero-order valence-corrected chi connectivity index (χ0v) is 8.19. The Hall–Kier alpha value is -1.39. The maximum absolute atomic E-state index is 11.5. The van der Waals surface area contributed by atoms with Crippen LogP contribution in [-0.4, -0.2) is 40.2 Å². The van der Waals surface area contributed by atoms with Gasteiger partial charge < -0.3 is 4.90 Å². The number of hydrogen-bond donors (Lipinski definition) is 0. The number of likely N-dealkylation sites (tertiary alicyclic amines) is 1. The van der Waals surface area contributed by atoms with Gasteiger partial charge >= 0.3 is 0 Å². The van der Waals surface area contributed by atoms with Crippen molar-refractivity contribution in [3.63, 3.8) is 0 Å². The average molecular weight is 196 g/mol. The van der Waals surface area contributed by atoms with Crippen LogP contribution < -0.4 is 0 Å². The van der Waals surface area contributed by atoms with E-state index in [4.69, 9.17) is 0 Å². The minimum absolute atomic E-state index is 0.0878. The van der Waals surface area contributed by atoms with Crippen molar-refractivity contribution in [3.8, 4) is 0 Å². The highest BCUT2D eigenvalue weighted by Gasteiger charge is 2.50. The first-order chi connectivity index (χ1) is 6.52. The third-order valence-electron chi connectivity index (χ3n) is 2.70. The number of nitrogens with zero attached hydrogens (tertiary/aromatic N) is 2. The Morgan fingerprint density at radius 1 is 1.43 bits per heavy atom. The van der Waals surface area contributed by atoms with Crippen LogP contribution in [0.2, 0.25) is 0 Å². The van der Waals surface area contributed by atoms with E-state index in [1.165, 1.54) is 16.7 Å². The van der Waals surface area contributed by atoms with Crippen LogP contribution >= 0.6 is 0 Å². The summed E-state index contributed by atoms with van der Waals surface area (Å²) < 4.78 is 0. The lowest BCUT2D eigenvalue weighted by Crippen LogP contribution is -2.36. The SMILES string of the molecule is CC(=O)N1CC1N1C(=O)CC(C)C1=O. The number of imide groups is 1. The largest absolute Gasteiger partial charge is 0.316 e. The van der Waals surface area contributed by atoms with E-state index in [1.54, 1.807) is 6.92 Å². The highest BCUT2D eigenvalue weighted by atomic mass is 16.2. The van der Waals surface area contributed by atoms with E-state index in [9.17, 15) is 14.4 Å². The third-order valence-corrected chi connectivity index (χ3v) is 2.70. The fourth-order valence-corrected chi connectivity index (χ4v) is 1.81. The molecule has 2 aliphatic rings. The highest BCUT2D eigenvalue weighted by molar-refractivity contribution is 6.04. The maximum atomic E-state index is 11.5. The van der Waals surface area contributed by atoms with Crippen molar-refractivity contribution >= 4 is 17.7 Å². The lowest BCUT2D eigenvalue weighted by Gasteiger charge is -2.13. The summed E-state index contributed by atoms with van der Waals surface area (Å²) in [7, 11) is 0. The Balaban J connectivity index is 2.10. The second-order valence-corrected chi connectivity index (χ2v) is 3.86. The molecule has 2 fully saturated rings. The summed E-state index contributed by atoms with van der Waals surface area (Å²) in [4.78, 5) is 36.6. The van der Waals surface area contributed by atoms with Crippen LogP contribution in [0.25, 0.3) is 0 Å². The first kappa shape index (κ1) is 9.18. The molecule has 0 bridgehead atoms. The van der Waals surface area contributed by atoms with Crippen molar-refractivity contribution in [3.05, 3.63) is 0 Å².